The highest BCUT2D eigenvalue weighted by Gasteiger charge is 2.14. The Labute approximate surface area is 73.6 Å². The Kier molecular flexibility index (Phi) is 2.74. The summed E-state index contributed by atoms with van der Waals surface area (Å²) >= 11 is 0. The molecule has 0 atom stereocenters. The molecule has 1 heterocycles. The highest BCUT2D eigenvalue weighted by atomic mass is 15.3. The number of hydrogen-bond donors (Lipinski definition) is 1. The van der Waals surface area contributed by atoms with Crippen LogP contribution in [0.25, 0.3) is 0 Å². The predicted molar refractivity (Wildman–Crippen MR) is 50.9 cm³/mol. The monoisotopic (exact) mass is 167 g/mol. The maximum Gasteiger partial charge on any atom is 0.0735 e. The lowest BCUT2D eigenvalue weighted by Crippen LogP contribution is -2.06. The summed E-state index contributed by atoms with van der Waals surface area (Å²) in [6.45, 7) is 4.36. The highest BCUT2D eigenvalue weighted by molar-refractivity contribution is 5.42. The molecule has 3 nitrogen and oxygen atoms in total. The fourth-order valence-corrected chi connectivity index (χ4v) is 1.64. The number of nitrogens with zero attached hydrogens (tertiary/aromatic N) is 2. The third-order valence-electron chi connectivity index (χ3n) is 2.39. The van der Waals surface area contributed by atoms with Gasteiger partial charge in [-0.25, -0.2) is 0 Å². The molecule has 0 spiro atoms. The molecule has 0 aromatic carbocycles. The van der Waals surface area contributed by atoms with Gasteiger partial charge in [0.25, 0.3) is 0 Å². The van der Waals surface area contributed by atoms with Gasteiger partial charge in [-0.2, -0.15) is 5.10 Å². The standard InChI is InChI=1S/C9H17N3/c1-4-7(5-2)9-8(10)6-11-12(9)3/h6-7H,4-5,10H2,1-3H3. The Morgan fingerprint density at radius 2 is 2.08 bits per heavy atom. The molecule has 1 aromatic rings. The molecule has 0 aliphatic carbocycles. The van der Waals surface area contributed by atoms with Crippen LogP contribution in [0.5, 0.6) is 0 Å². The number of hydrogen-bond acceptors (Lipinski definition) is 2. The van der Waals surface area contributed by atoms with Gasteiger partial charge in [0.2, 0.25) is 0 Å². The molecule has 2 N–H and O–H groups in total. The number of aromatic nitrogens is 2. The number of nitrogen functional groups attached to an aromatic ring is 1. The first-order chi connectivity index (χ1) is 5.70. The Hall–Kier alpha value is -0.990. The van der Waals surface area contributed by atoms with E-state index >= 15 is 0 Å². The van der Waals surface area contributed by atoms with Crippen LogP contribution in [0, 0.1) is 0 Å². The second-order valence-corrected chi connectivity index (χ2v) is 3.12. The van der Waals surface area contributed by atoms with Gasteiger partial charge >= 0.3 is 0 Å². The third-order valence-corrected chi connectivity index (χ3v) is 2.39. The average molecular weight is 167 g/mol. The Balaban J connectivity index is 2.98. The summed E-state index contributed by atoms with van der Waals surface area (Å²) in [6, 6.07) is 0. The van der Waals surface area contributed by atoms with Gasteiger partial charge in [0.05, 0.1) is 17.6 Å². The first-order valence-electron chi connectivity index (χ1n) is 4.48. The second kappa shape index (κ2) is 3.61. The molecule has 3 heteroatoms. The van der Waals surface area contributed by atoms with Crippen molar-refractivity contribution < 1.29 is 0 Å². The molecular weight excluding hydrogens is 150 g/mol. The second-order valence-electron chi connectivity index (χ2n) is 3.12. The minimum atomic E-state index is 0.553. The molecule has 0 amide bonds. The maximum absolute atomic E-state index is 5.81. The minimum Gasteiger partial charge on any atom is -0.396 e. The van der Waals surface area contributed by atoms with Crippen molar-refractivity contribution in [2.75, 3.05) is 5.73 Å². The van der Waals surface area contributed by atoms with Gasteiger partial charge < -0.3 is 5.73 Å². The summed E-state index contributed by atoms with van der Waals surface area (Å²) in [7, 11) is 1.95. The fourth-order valence-electron chi connectivity index (χ4n) is 1.64. The van der Waals surface area contributed by atoms with Crippen molar-refractivity contribution in [2.24, 2.45) is 7.05 Å². The zero-order valence-electron chi connectivity index (χ0n) is 8.04. The number of anilines is 1. The highest BCUT2D eigenvalue weighted by Crippen LogP contribution is 2.26. The smallest absolute Gasteiger partial charge is 0.0735 e. The van der Waals surface area contributed by atoms with Crippen LogP contribution in [0.2, 0.25) is 0 Å². The van der Waals surface area contributed by atoms with E-state index in [1.54, 1.807) is 6.20 Å². The normalized spacial score (nSPS) is 11.0. The summed E-state index contributed by atoms with van der Waals surface area (Å²) in [5.74, 6) is 0.553. The molecule has 0 saturated heterocycles. The van der Waals surface area contributed by atoms with Crippen LogP contribution in [0.15, 0.2) is 6.20 Å². The fraction of sp³-hybridized carbons (Fsp3) is 0.667. The van der Waals surface area contributed by atoms with E-state index in [9.17, 15) is 0 Å². The molecule has 0 unspecified atom stereocenters. The minimum absolute atomic E-state index is 0.553. The van der Waals surface area contributed by atoms with E-state index in [1.165, 1.54) is 5.69 Å². The van der Waals surface area contributed by atoms with Crippen LogP contribution >= 0.6 is 0 Å². The van der Waals surface area contributed by atoms with Gasteiger partial charge in [0.15, 0.2) is 0 Å². The van der Waals surface area contributed by atoms with E-state index < -0.39 is 0 Å². The van der Waals surface area contributed by atoms with Crippen molar-refractivity contribution in [3.63, 3.8) is 0 Å². The van der Waals surface area contributed by atoms with Crippen LogP contribution in [-0.4, -0.2) is 9.78 Å². The largest absolute Gasteiger partial charge is 0.396 e. The number of rotatable bonds is 3. The van der Waals surface area contributed by atoms with Gasteiger partial charge in [-0.3, -0.25) is 4.68 Å². The summed E-state index contributed by atoms with van der Waals surface area (Å²) in [4.78, 5) is 0. The van der Waals surface area contributed by atoms with Crippen LogP contribution in [0.1, 0.15) is 38.3 Å². The summed E-state index contributed by atoms with van der Waals surface area (Å²) in [5.41, 5.74) is 7.82. The zero-order valence-corrected chi connectivity index (χ0v) is 8.04. The van der Waals surface area contributed by atoms with Gasteiger partial charge in [0.1, 0.15) is 0 Å². The summed E-state index contributed by atoms with van der Waals surface area (Å²) in [6.07, 6.45) is 3.98. The van der Waals surface area contributed by atoms with Crippen LogP contribution in [-0.2, 0) is 7.05 Å². The zero-order chi connectivity index (χ0) is 9.14. The van der Waals surface area contributed by atoms with Gasteiger partial charge in [0, 0.05) is 13.0 Å². The maximum atomic E-state index is 5.81. The van der Waals surface area contributed by atoms with Crippen molar-refractivity contribution in [3.8, 4) is 0 Å². The first kappa shape index (κ1) is 9.10. The third kappa shape index (κ3) is 1.44. The van der Waals surface area contributed by atoms with Gasteiger partial charge in [-0.1, -0.05) is 13.8 Å². The van der Waals surface area contributed by atoms with E-state index in [1.807, 2.05) is 11.7 Å². The van der Waals surface area contributed by atoms with Gasteiger partial charge in [-0.05, 0) is 12.8 Å². The molecule has 68 valence electrons. The predicted octanol–water partition coefficient (Wildman–Crippen LogP) is 1.91. The average Bonchev–Trinajstić information content (AvgIpc) is 2.38. The molecule has 0 fully saturated rings. The molecule has 1 aromatic heterocycles. The van der Waals surface area contributed by atoms with E-state index in [-0.39, 0.29) is 0 Å². The molecule has 0 aliphatic heterocycles. The lowest BCUT2D eigenvalue weighted by Gasteiger charge is -2.13. The van der Waals surface area contributed by atoms with Crippen LogP contribution in [0.3, 0.4) is 0 Å². The molecule has 0 bridgehead atoms. The molecule has 0 radical (unpaired) electrons. The Morgan fingerprint density at radius 3 is 2.42 bits per heavy atom. The topological polar surface area (TPSA) is 43.8 Å². The molecule has 12 heavy (non-hydrogen) atoms. The molecule has 1 rings (SSSR count). The molecule has 0 aliphatic rings. The van der Waals surface area contributed by atoms with Crippen LogP contribution < -0.4 is 5.73 Å². The summed E-state index contributed by atoms with van der Waals surface area (Å²) in [5, 5.41) is 4.12. The van der Waals surface area contributed by atoms with Crippen molar-refractivity contribution in [1.82, 2.24) is 9.78 Å². The number of nitrogens with two attached hydrogens (primary N) is 1. The SMILES string of the molecule is CCC(CC)c1c(N)cnn1C. The van der Waals surface area contributed by atoms with E-state index in [4.69, 9.17) is 5.73 Å². The van der Waals surface area contributed by atoms with Crippen molar-refractivity contribution in [3.05, 3.63) is 11.9 Å². The Bertz CT molecular complexity index is 229. The van der Waals surface area contributed by atoms with Crippen LogP contribution in [0.4, 0.5) is 5.69 Å². The summed E-state index contributed by atoms with van der Waals surface area (Å²) < 4.78 is 1.88. The lowest BCUT2D eigenvalue weighted by molar-refractivity contribution is 0.574. The molecular formula is C9H17N3. The quantitative estimate of drug-likeness (QED) is 0.747. The van der Waals surface area contributed by atoms with Crippen molar-refractivity contribution in [2.45, 2.75) is 32.6 Å². The van der Waals surface area contributed by atoms with E-state index in [0.29, 0.717) is 5.92 Å². The first-order valence-corrected chi connectivity index (χ1v) is 4.48. The van der Waals surface area contributed by atoms with Crippen molar-refractivity contribution >= 4 is 5.69 Å². The van der Waals surface area contributed by atoms with Crippen molar-refractivity contribution in [1.29, 1.82) is 0 Å². The van der Waals surface area contributed by atoms with E-state index in [0.717, 1.165) is 18.5 Å². The lowest BCUT2D eigenvalue weighted by atomic mass is 9.98. The van der Waals surface area contributed by atoms with E-state index in [2.05, 4.69) is 18.9 Å². The Morgan fingerprint density at radius 1 is 1.50 bits per heavy atom. The van der Waals surface area contributed by atoms with Gasteiger partial charge in [-0.15, -0.1) is 0 Å². The number of aryl methyl sites for hydroxylation is 1. The molecule has 0 saturated carbocycles.